The van der Waals surface area contributed by atoms with E-state index in [-0.39, 0.29) is 0 Å². The molecule has 6 nitrogen and oxygen atoms in total. The minimum atomic E-state index is 0.519. The molecule has 2 aliphatic rings. The Morgan fingerprint density at radius 1 is 1.03 bits per heavy atom. The first-order valence-electron chi connectivity index (χ1n) is 11.0. The molecule has 3 aromatic carbocycles. The molecule has 0 spiro atoms. The van der Waals surface area contributed by atoms with Gasteiger partial charge in [-0.2, -0.15) is 5.26 Å². The molecule has 0 saturated heterocycles. The first-order chi connectivity index (χ1) is 17.2. The van der Waals surface area contributed by atoms with Gasteiger partial charge in [-0.15, -0.1) is 11.3 Å². The first kappa shape index (κ1) is 21.6. The summed E-state index contributed by atoms with van der Waals surface area (Å²) in [5.74, 6) is 2.19. The van der Waals surface area contributed by atoms with Crippen LogP contribution in [0.4, 0.5) is 5.69 Å². The number of benzene rings is 3. The average molecular weight is 498 g/mol. The van der Waals surface area contributed by atoms with Crippen molar-refractivity contribution in [2.24, 2.45) is 0 Å². The van der Waals surface area contributed by atoms with Gasteiger partial charge < -0.3 is 19.1 Å². The second-order valence-electron chi connectivity index (χ2n) is 7.79. The van der Waals surface area contributed by atoms with E-state index in [2.05, 4.69) is 16.4 Å². The van der Waals surface area contributed by atoms with Crippen LogP contribution in [0.1, 0.15) is 10.6 Å². The molecule has 0 saturated carbocycles. The van der Waals surface area contributed by atoms with E-state index >= 15 is 0 Å². The van der Waals surface area contributed by atoms with Crippen molar-refractivity contribution >= 4 is 50.3 Å². The molecule has 8 heteroatoms. The Labute approximate surface area is 210 Å². The zero-order chi connectivity index (χ0) is 23.8. The summed E-state index contributed by atoms with van der Waals surface area (Å²) in [4.78, 5) is 6.85. The van der Waals surface area contributed by atoms with Gasteiger partial charge in [-0.25, -0.2) is 4.98 Å². The Morgan fingerprint density at radius 2 is 1.89 bits per heavy atom. The maximum absolute atomic E-state index is 10.3. The molecule has 4 aromatic rings. The number of methoxy groups -OCH3 is 1. The van der Waals surface area contributed by atoms with E-state index in [1.165, 1.54) is 23.1 Å². The fourth-order valence-electron chi connectivity index (χ4n) is 4.07. The standard InChI is InChI=1S/C27H19N3O3S2/c1-31-19-6-4-5-18(14-19)30-22(17-9-10-23-24(13-17)33-12-11-32-23)16-34-27(30)20(15-28)26-29-21-7-2-3-8-25(21)35-26/h2-10,13-14,16H,11-12H2,1H3/b27-20-. The lowest BCUT2D eigenvalue weighted by atomic mass is 10.1. The highest BCUT2D eigenvalue weighted by molar-refractivity contribution is 8.06. The number of ether oxygens (including phenoxy) is 3. The molecule has 0 N–H and O–H groups in total. The van der Waals surface area contributed by atoms with Crippen molar-refractivity contribution in [3.8, 4) is 23.3 Å². The molecule has 0 fully saturated rings. The molecule has 0 amide bonds. The largest absolute Gasteiger partial charge is 0.497 e. The molecule has 0 bridgehead atoms. The molecule has 0 unspecified atom stereocenters. The van der Waals surface area contributed by atoms with Gasteiger partial charge in [0.2, 0.25) is 0 Å². The Balaban J connectivity index is 1.51. The molecule has 1 aromatic heterocycles. The first-order valence-corrected chi connectivity index (χ1v) is 12.7. The summed E-state index contributed by atoms with van der Waals surface area (Å²) in [7, 11) is 1.65. The van der Waals surface area contributed by atoms with Gasteiger partial charge in [0.25, 0.3) is 0 Å². The number of thiazole rings is 1. The smallest absolute Gasteiger partial charge is 0.162 e. The topological polar surface area (TPSA) is 67.6 Å². The van der Waals surface area contributed by atoms with E-state index in [0.29, 0.717) is 29.5 Å². The summed E-state index contributed by atoms with van der Waals surface area (Å²) in [5, 5.41) is 13.8. The zero-order valence-corrected chi connectivity index (χ0v) is 20.4. The molecule has 2 aliphatic heterocycles. The summed E-state index contributed by atoms with van der Waals surface area (Å²) in [6.07, 6.45) is 0. The third-order valence-corrected chi connectivity index (χ3v) is 7.71. The number of rotatable bonds is 4. The quantitative estimate of drug-likeness (QED) is 0.297. The molecular formula is C27H19N3O3S2. The number of anilines is 1. The predicted octanol–water partition coefficient (Wildman–Crippen LogP) is 6.52. The number of nitriles is 1. The second-order valence-corrected chi connectivity index (χ2v) is 9.68. The minimum Gasteiger partial charge on any atom is -0.497 e. The lowest BCUT2D eigenvalue weighted by molar-refractivity contribution is 0.171. The number of thioether (sulfide) groups is 1. The Kier molecular flexibility index (Phi) is 5.57. The summed E-state index contributed by atoms with van der Waals surface area (Å²) in [6.45, 7) is 1.06. The van der Waals surface area contributed by atoms with Gasteiger partial charge in [-0.1, -0.05) is 30.0 Å². The fourth-order valence-corrected chi connectivity index (χ4v) is 6.13. The molecule has 0 radical (unpaired) electrons. The molecule has 0 aliphatic carbocycles. The molecule has 172 valence electrons. The monoisotopic (exact) mass is 497 g/mol. The number of hydrogen-bond donors (Lipinski definition) is 0. The molecular weight excluding hydrogens is 478 g/mol. The van der Waals surface area contributed by atoms with Gasteiger partial charge in [0, 0.05) is 17.0 Å². The van der Waals surface area contributed by atoms with Crippen molar-refractivity contribution in [1.29, 1.82) is 5.26 Å². The number of hydrogen-bond acceptors (Lipinski definition) is 8. The molecule has 0 atom stereocenters. The maximum Gasteiger partial charge on any atom is 0.162 e. The summed E-state index contributed by atoms with van der Waals surface area (Å²) in [6, 6.07) is 24.1. The van der Waals surface area contributed by atoms with E-state index in [1.54, 1.807) is 7.11 Å². The van der Waals surface area contributed by atoms with Crippen LogP contribution >= 0.6 is 23.1 Å². The Bertz CT molecular complexity index is 1520. The van der Waals surface area contributed by atoms with Crippen molar-refractivity contribution in [2.75, 3.05) is 25.2 Å². The molecule has 35 heavy (non-hydrogen) atoms. The fraction of sp³-hybridized carbons (Fsp3) is 0.111. The average Bonchev–Trinajstić information content (AvgIpc) is 3.54. The zero-order valence-electron chi connectivity index (χ0n) is 18.7. The minimum absolute atomic E-state index is 0.519. The number of para-hydroxylation sites is 1. The third-order valence-electron chi connectivity index (χ3n) is 5.71. The van der Waals surface area contributed by atoms with Gasteiger partial charge in [0.1, 0.15) is 40.6 Å². The lowest BCUT2D eigenvalue weighted by Crippen LogP contribution is -2.18. The van der Waals surface area contributed by atoms with Crippen molar-refractivity contribution in [3.05, 3.63) is 87.7 Å². The van der Waals surface area contributed by atoms with Gasteiger partial charge in [-0.3, -0.25) is 0 Å². The number of nitrogens with zero attached hydrogens (tertiary/aromatic N) is 3. The van der Waals surface area contributed by atoms with E-state index in [1.807, 2.05) is 66.7 Å². The SMILES string of the molecule is COc1cccc(N2C(c3ccc4c(c3)OCCO4)=CS/C2=C(/C#N)c2nc3ccccc3s2)c1. The summed E-state index contributed by atoms with van der Waals surface area (Å²) in [5.41, 5.74) is 4.20. The van der Waals surface area contributed by atoms with E-state index in [0.717, 1.165) is 43.7 Å². The second kappa shape index (κ2) is 9.02. The van der Waals surface area contributed by atoms with Crippen LogP contribution in [-0.2, 0) is 0 Å². The van der Waals surface area contributed by atoms with Gasteiger partial charge >= 0.3 is 0 Å². The van der Waals surface area contributed by atoms with Crippen LogP contribution in [0.3, 0.4) is 0 Å². The van der Waals surface area contributed by atoms with E-state index in [4.69, 9.17) is 19.2 Å². The summed E-state index contributed by atoms with van der Waals surface area (Å²) < 4.78 is 18.1. The normalized spacial score (nSPS) is 16.1. The Hall–Kier alpha value is -3.93. The van der Waals surface area contributed by atoms with Gasteiger partial charge in [0.05, 0.1) is 28.7 Å². The number of allylic oxidation sites excluding steroid dienone is 1. The van der Waals surface area contributed by atoms with Crippen LogP contribution in [-0.4, -0.2) is 25.3 Å². The van der Waals surface area contributed by atoms with Crippen LogP contribution < -0.4 is 19.1 Å². The highest BCUT2D eigenvalue weighted by Crippen LogP contribution is 2.48. The van der Waals surface area contributed by atoms with Crippen LogP contribution in [0.5, 0.6) is 17.2 Å². The maximum atomic E-state index is 10.3. The lowest BCUT2D eigenvalue weighted by Gasteiger charge is -2.26. The van der Waals surface area contributed by atoms with E-state index in [9.17, 15) is 5.26 Å². The van der Waals surface area contributed by atoms with Crippen molar-refractivity contribution < 1.29 is 14.2 Å². The van der Waals surface area contributed by atoms with Crippen LogP contribution in [0.2, 0.25) is 0 Å². The number of aromatic nitrogens is 1. The van der Waals surface area contributed by atoms with Gasteiger partial charge in [-0.05, 0) is 42.5 Å². The van der Waals surface area contributed by atoms with Crippen molar-refractivity contribution in [2.45, 2.75) is 0 Å². The summed E-state index contributed by atoms with van der Waals surface area (Å²) >= 11 is 3.03. The van der Waals surface area contributed by atoms with Crippen LogP contribution in [0.25, 0.3) is 21.5 Å². The highest BCUT2D eigenvalue weighted by Gasteiger charge is 2.30. The van der Waals surface area contributed by atoms with Gasteiger partial charge in [0.15, 0.2) is 11.5 Å². The van der Waals surface area contributed by atoms with Crippen LogP contribution in [0, 0.1) is 11.3 Å². The Morgan fingerprint density at radius 3 is 2.71 bits per heavy atom. The van der Waals surface area contributed by atoms with Crippen molar-refractivity contribution in [3.63, 3.8) is 0 Å². The molecule has 3 heterocycles. The third kappa shape index (κ3) is 3.89. The highest BCUT2D eigenvalue weighted by atomic mass is 32.2. The van der Waals surface area contributed by atoms with Crippen molar-refractivity contribution in [1.82, 2.24) is 4.98 Å². The van der Waals surface area contributed by atoms with E-state index < -0.39 is 0 Å². The number of fused-ring (bicyclic) bond motifs is 2. The van der Waals surface area contributed by atoms with Crippen LogP contribution in [0.15, 0.2) is 77.2 Å². The predicted molar refractivity (Wildman–Crippen MR) is 141 cm³/mol. The molecule has 6 rings (SSSR count).